The third-order valence-electron chi connectivity index (χ3n) is 4.07. The summed E-state index contributed by atoms with van der Waals surface area (Å²) in [5.41, 5.74) is 2.59. The summed E-state index contributed by atoms with van der Waals surface area (Å²) in [6.07, 6.45) is 6.60. The first-order valence-electron chi connectivity index (χ1n) is 8.24. The maximum absolute atomic E-state index is 14.2. The smallest absolute Gasteiger partial charge is 0.335 e. The molecule has 0 fully saturated rings. The highest BCUT2D eigenvalue weighted by Crippen LogP contribution is 2.23. The number of unbranched alkanes of at least 4 members (excludes halogenated alkanes) is 4. The SMILES string of the molecule is CCCCCCCc1ccc(-c2ccc(C(=O)O)cc2)cc1F. The van der Waals surface area contributed by atoms with Crippen LogP contribution in [0.4, 0.5) is 4.39 Å². The number of hydrogen-bond donors (Lipinski definition) is 1. The van der Waals surface area contributed by atoms with Gasteiger partial charge in [-0.2, -0.15) is 0 Å². The van der Waals surface area contributed by atoms with Crippen LogP contribution >= 0.6 is 0 Å². The van der Waals surface area contributed by atoms with Crippen molar-refractivity contribution < 1.29 is 14.3 Å². The molecule has 0 bridgehead atoms. The number of hydrogen-bond acceptors (Lipinski definition) is 1. The van der Waals surface area contributed by atoms with E-state index in [2.05, 4.69) is 6.92 Å². The van der Waals surface area contributed by atoms with Gasteiger partial charge in [0.25, 0.3) is 0 Å². The fourth-order valence-corrected chi connectivity index (χ4v) is 2.65. The van der Waals surface area contributed by atoms with E-state index in [1.165, 1.54) is 37.5 Å². The van der Waals surface area contributed by atoms with Crippen molar-refractivity contribution in [1.82, 2.24) is 0 Å². The standard InChI is InChI=1S/C20H23FO2/c1-2-3-4-5-6-7-16-10-13-18(14-19(16)21)15-8-11-17(12-9-15)20(22)23/h8-14H,2-7H2,1H3,(H,22,23). The zero-order valence-electron chi connectivity index (χ0n) is 13.5. The van der Waals surface area contributed by atoms with Gasteiger partial charge in [-0.05, 0) is 47.7 Å². The highest BCUT2D eigenvalue weighted by Gasteiger charge is 2.07. The molecule has 122 valence electrons. The van der Waals surface area contributed by atoms with E-state index in [9.17, 15) is 9.18 Å². The van der Waals surface area contributed by atoms with Crippen molar-refractivity contribution in [2.45, 2.75) is 45.4 Å². The lowest BCUT2D eigenvalue weighted by atomic mass is 9.99. The van der Waals surface area contributed by atoms with E-state index in [1.807, 2.05) is 12.1 Å². The number of carbonyl (C=O) groups is 1. The average Bonchev–Trinajstić information content (AvgIpc) is 2.56. The lowest BCUT2D eigenvalue weighted by molar-refractivity contribution is 0.0697. The van der Waals surface area contributed by atoms with Gasteiger partial charge in [-0.15, -0.1) is 0 Å². The molecule has 0 radical (unpaired) electrons. The number of carboxylic acid groups (broad SMARTS) is 1. The van der Waals surface area contributed by atoms with Crippen molar-refractivity contribution in [3.63, 3.8) is 0 Å². The maximum atomic E-state index is 14.2. The zero-order chi connectivity index (χ0) is 16.7. The zero-order valence-corrected chi connectivity index (χ0v) is 13.5. The molecule has 23 heavy (non-hydrogen) atoms. The summed E-state index contributed by atoms with van der Waals surface area (Å²) in [6.45, 7) is 2.18. The quantitative estimate of drug-likeness (QED) is 0.634. The molecule has 0 saturated heterocycles. The van der Waals surface area contributed by atoms with Gasteiger partial charge in [-0.1, -0.05) is 56.9 Å². The lowest BCUT2D eigenvalue weighted by Gasteiger charge is -2.07. The summed E-state index contributed by atoms with van der Waals surface area (Å²) < 4.78 is 14.2. The Morgan fingerprint density at radius 1 is 0.957 bits per heavy atom. The van der Waals surface area contributed by atoms with Gasteiger partial charge in [0, 0.05) is 0 Å². The maximum Gasteiger partial charge on any atom is 0.335 e. The molecule has 0 unspecified atom stereocenters. The molecule has 2 nitrogen and oxygen atoms in total. The number of carboxylic acids is 1. The molecule has 0 aliphatic carbocycles. The molecular formula is C20H23FO2. The van der Waals surface area contributed by atoms with Crippen LogP contribution in [0.1, 0.15) is 54.9 Å². The van der Waals surface area contributed by atoms with Gasteiger partial charge in [-0.25, -0.2) is 9.18 Å². The van der Waals surface area contributed by atoms with E-state index in [0.29, 0.717) is 0 Å². The topological polar surface area (TPSA) is 37.3 Å². The van der Waals surface area contributed by atoms with Crippen LogP contribution in [-0.2, 0) is 6.42 Å². The summed E-state index contributed by atoms with van der Waals surface area (Å²) >= 11 is 0. The molecule has 2 aromatic rings. The Balaban J connectivity index is 2.02. The van der Waals surface area contributed by atoms with Crippen LogP contribution in [0.3, 0.4) is 0 Å². The number of rotatable bonds is 8. The number of halogens is 1. The molecule has 2 aromatic carbocycles. The number of aryl methyl sites for hydroxylation is 1. The van der Waals surface area contributed by atoms with Gasteiger partial charge >= 0.3 is 5.97 Å². The molecule has 0 heterocycles. The van der Waals surface area contributed by atoms with Crippen LogP contribution in [0.5, 0.6) is 0 Å². The Morgan fingerprint density at radius 2 is 1.61 bits per heavy atom. The van der Waals surface area contributed by atoms with Gasteiger partial charge in [0.05, 0.1) is 5.56 Å². The second kappa shape index (κ2) is 8.47. The molecule has 0 amide bonds. The largest absolute Gasteiger partial charge is 0.478 e. The number of aromatic carboxylic acids is 1. The summed E-state index contributed by atoms with van der Waals surface area (Å²) in [6, 6.07) is 11.8. The molecular weight excluding hydrogens is 291 g/mol. The van der Waals surface area contributed by atoms with E-state index in [4.69, 9.17) is 5.11 Å². The van der Waals surface area contributed by atoms with Crippen molar-refractivity contribution in [3.8, 4) is 11.1 Å². The summed E-state index contributed by atoms with van der Waals surface area (Å²) in [5.74, 6) is -1.14. The highest BCUT2D eigenvalue weighted by molar-refractivity contribution is 5.88. The third kappa shape index (κ3) is 4.92. The highest BCUT2D eigenvalue weighted by atomic mass is 19.1. The van der Waals surface area contributed by atoms with E-state index in [-0.39, 0.29) is 11.4 Å². The van der Waals surface area contributed by atoms with Crippen molar-refractivity contribution in [1.29, 1.82) is 0 Å². The Hall–Kier alpha value is -2.16. The Kier molecular flexibility index (Phi) is 6.33. The van der Waals surface area contributed by atoms with Gasteiger partial charge in [0.1, 0.15) is 5.82 Å². The minimum Gasteiger partial charge on any atom is -0.478 e. The fourth-order valence-electron chi connectivity index (χ4n) is 2.65. The molecule has 0 aliphatic rings. The third-order valence-corrected chi connectivity index (χ3v) is 4.07. The predicted molar refractivity (Wildman–Crippen MR) is 91.3 cm³/mol. The first-order valence-corrected chi connectivity index (χ1v) is 8.24. The van der Waals surface area contributed by atoms with Crippen LogP contribution in [-0.4, -0.2) is 11.1 Å². The minimum absolute atomic E-state index is 0.180. The lowest BCUT2D eigenvalue weighted by Crippen LogP contribution is -1.95. The van der Waals surface area contributed by atoms with E-state index in [0.717, 1.165) is 36.0 Å². The first kappa shape index (κ1) is 17.2. The number of benzene rings is 2. The first-order chi connectivity index (χ1) is 11.1. The van der Waals surface area contributed by atoms with Gasteiger partial charge in [-0.3, -0.25) is 0 Å². The van der Waals surface area contributed by atoms with Crippen molar-refractivity contribution in [3.05, 3.63) is 59.4 Å². The molecule has 3 heteroatoms. The van der Waals surface area contributed by atoms with Crippen molar-refractivity contribution >= 4 is 5.97 Å². The summed E-state index contributed by atoms with van der Waals surface area (Å²) in [5, 5.41) is 8.90. The molecule has 0 aliphatic heterocycles. The van der Waals surface area contributed by atoms with E-state index in [1.54, 1.807) is 12.1 Å². The summed E-state index contributed by atoms with van der Waals surface area (Å²) in [4.78, 5) is 10.9. The summed E-state index contributed by atoms with van der Waals surface area (Å²) in [7, 11) is 0. The second-order valence-electron chi connectivity index (χ2n) is 5.85. The molecule has 2 rings (SSSR count). The molecule has 0 spiro atoms. The van der Waals surface area contributed by atoms with E-state index < -0.39 is 5.97 Å². The predicted octanol–water partition coefficient (Wildman–Crippen LogP) is 5.70. The molecule has 0 aromatic heterocycles. The second-order valence-corrected chi connectivity index (χ2v) is 5.85. The van der Waals surface area contributed by atoms with Gasteiger partial charge in [0.2, 0.25) is 0 Å². The van der Waals surface area contributed by atoms with Crippen LogP contribution in [0.15, 0.2) is 42.5 Å². The monoisotopic (exact) mass is 314 g/mol. The van der Waals surface area contributed by atoms with Crippen LogP contribution in [0.2, 0.25) is 0 Å². The minimum atomic E-state index is -0.957. The van der Waals surface area contributed by atoms with Crippen molar-refractivity contribution in [2.24, 2.45) is 0 Å². The molecule has 1 N–H and O–H groups in total. The van der Waals surface area contributed by atoms with Gasteiger partial charge < -0.3 is 5.11 Å². The Morgan fingerprint density at radius 3 is 2.22 bits per heavy atom. The van der Waals surface area contributed by atoms with Crippen molar-refractivity contribution in [2.75, 3.05) is 0 Å². The molecule has 0 atom stereocenters. The van der Waals surface area contributed by atoms with E-state index >= 15 is 0 Å². The Labute approximate surface area is 137 Å². The average molecular weight is 314 g/mol. The Bertz CT molecular complexity index is 647. The normalized spacial score (nSPS) is 10.7. The van der Waals surface area contributed by atoms with Crippen LogP contribution < -0.4 is 0 Å². The van der Waals surface area contributed by atoms with Gasteiger partial charge in [0.15, 0.2) is 0 Å². The van der Waals surface area contributed by atoms with Crippen LogP contribution in [0, 0.1) is 5.82 Å². The fraction of sp³-hybridized carbons (Fsp3) is 0.350. The van der Waals surface area contributed by atoms with Crippen LogP contribution in [0.25, 0.3) is 11.1 Å². The molecule has 0 saturated carbocycles.